The number of imidazole rings is 1. The number of carbonyl (C=O) groups is 4. The molecule has 0 saturated heterocycles. The van der Waals surface area contributed by atoms with Crippen LogP contribution in [-0.2, 0) is 25.6 Å². The van der Waals surface area contributed by atoms with E-state index in [4.69, 9.17) is 17.2 Å². The van der Waals surface area contributed by atoms with Crippen LogP contribution in [0.5, 0.6) is 0 Å². The van der Waals surface area contributed by atoms with Crippen LogP contribution in [0.15, 0.2) is 12.5 Å². The number of carboxylic acid groups (broad SMARTS) is 1. The normalized spacial score (nSPS) is 15.2. The van der Waals surface area contributed by atoms with Crippen LogP contribution in [0.2, 0.25) is 0 Å². The summed E-state index contributed by atoms with van der Waals surface area (Å²) < 4.78 is 0. The number of nitrogens with two attached hydrogens (primary N) is 3. The van der Waals surface area contributed by atoms with Crippen molar-refractivity contribution in [3.8, 4) is 0 Å². The van der Waals surface area contributed by atoms with Gasteiger partial charge in [-0.2, -0.15) is 0 Å². The van der Waals surface area contributed by atoms with Crippen LogP contribution in [0.4, 0.5) is 0 Å². The SMILES string of the molecule is CCC(C)C(NC(=O)C(CCCCN)NC(=O)C(CCCCN)NC(=O)C(N)Cc1cnc[nH]1)C(=O)O. The quantitative estimate of drug-likeness (QED) is 0.105. The Labute approximate surface area is 218 Å². The molecule has 0 radical (unpaired) electrons. The fourth-order valence-electron chi connectivity index (χ4n) is 3.74. The molecule has 1 rings (SSSR count). The van der Waals surface area contributed by atoms with Crippen molar-refractivity contribution >= 4 is 23.7 Å². The molecular weight excluding hydrogens is 480 g/mol. The van der Waals surface area contributed by atoms with E-state index >= 15 is 0 Å². The summed E-state index contributed by atoms with van der Waals surface area (Å²) in [4.78, 5) is 57.5. The molecule has 5 unspecified atom stereocenters. The minimum absolute atomic E-state index is 0.208. The number of aromatic nitrogens is 2. The lowest BCUT2D eigenvalue weighted by Crippen LogP contribution is -2.57. The summed E-state index contributed by atoms with van der Waals surface area (Å²) in [6, 6.07) is -3.94. The van der Waals surface area contributed by atoms with Gasteiger partial charge in [-0.25, -0.2) is 9.78 Å². The predicted molar refractivity (Wildman–Crippen MR) is 139 cm³/mol. The zero-order valence-electron chi connectivity index (χ0n) is 21.9. The van der Waals surface area contributed by atoms with E-state index in [0.717, 1.165) is 0 Å². The number of H-pyrrole nitrogens is 1. The second kappa shape index (κ2) is 17.4. The molecule has 3 amide bonds. The molecule has 0 saturated carbocycles. The van der Waals surface area contributed by atoms with Gasteiger partial charge in [0.1, 0.15) is 18.1 Å². The van der Waals surface area contributed by atoms with Crippen LogP contribution >= 0.6 is 0 Å². The number of unbranched alkanes of at least 4 members (excludes halogenated alkanes) is 2. The van der Waals surface area contributed by atoms with Crippen LogP contribution in [0, 0.1) is 5.92 Å². The van der Waals surface area contributed by atoms with Gasteiger partial charge in [0.25, 0.3) is 0 Å². The number of nitrogens with one attached hydrogen (secondary N) is 4. The maximum atomic E-state index is 13.2. The number of rotatable bonds is 19. The number of aliphatic carboxylic acids is 1. The second-order valence-corrected chi connectivity index (χ2v) is 9.29. The summed E-state index contributed by atoms with van der Waals surface area (Å²) in [7, 11) is 0. The summed E-state index contributed by atoms with van der Waals surface area (Å²) in [5.41, 5.74) is 17.9. The van der Waals surface area contributed by atoms with Gasteiger partial charge in [-0.3, -0.25) is 14.4 Å². The first kappa shape index (κ1) is 32.0. The van der Waals surface area contributed by atoms with E-state index in [-0.39, 0.29) is 18.8 Å². The average molecular weight is 525 g/mol. The van der Waals surface area contributed by atoms with Crippen molar-refractivity contribution in [3.05, 3.63) is 18.2 Å². The van der Waals surface area contributed by atoms with Crippen LogP contribution in [-0.4, -0.2) is 76.0 Å². The molecule has 1 heterocycles. The lowest BCUT2D eigenvalue weighted by molar-refractivity contribution is -0.144. The molecule has 0 aliphatic carbocycles. The van der Waals surface area contributed by atoms with Crippen molar-refractivity contribution < 1.29 is 24.3 Å². The van der Waals surface area contributed by atoms with Crippen LogP contribution < -0.4 is 33.2 Å². The summed E-state index contributed by atoms with van der Waals surface area (Å²) >= 11 is 0. The zero-order chi connectivity index (χ0) is 27.8. The molecular formula is C24H44N8O5. The van der Waals surface area contributed by atoms with Gasteiger partial charge in [-0.15, -0.1) is 0 Å². The van der Waals surface area contributed by atoms with Gasteiger partial charge in [0, 0.05) is 18.3 Å². The fraction of sp³-hybridized carbons (Fsp3) is 0.708. The van der Waals surface area contributed by atoms with Gasteiger partial charge in [0.05, 0.1) is 12.4 Å². The van der Waals surface area contributed by atoms with Crippen molar-refractivity contribution in [3.63, 3.8) is 0 Å². The lowest BCUT2D eigenvalue weighted by Gasteiger charge is -2.26. The molecule has 210 valence electrons. The van der Waals surface area contributed by atoms with Gasteiger partial charge < -0.3 is 43.2 Å². The van der Waals surface area contributed by atoms with Crippen molar-refractivity contribution in [2.45, 2.75) is 89.4 Å². The summed E-state index contributed by atoms with van der Waals surface area (Å²) in [6.45, 7) is 4.41. The van der Waals surface area contributed by atoms with Gasteiger partial charge in [0.2, 0.25) is 17.7 Å². The van der Waals surface area contributed by atoms with Crippen molar-refractivity contribution in [2.75, 3.05) is 13.1 Å². The Morgan fingerprint density at radius 1 is 0.946 bits per heavy atom. The first-order valence-corrected chi connectivity index (χ1v) is 12.9. The molecule has 13 nitrogen and oxygen atoms in total. The highest BCUT2D eigenvalue weighted by molar-refractivity contribution is 5.94. The Balaban J connectivity index is 2.97. The zero-order valence-corrected chi connectivity index (χ0v) is 21.9. The van der Waals surface area contributed by atoms with Gasteiger partial charge >= 0.3 is 5.97 Å². The Morgan fingerprint density at radius 3 is 1.95 bits per heavy atom. The van der Waals surface area contributed by atoms with Gasteiger partial charge in [-0.1, -0.05) is 20.3 Å². The van der Waals surface area contributed by atoms with Crippen LogP contribution in [0.3, 0.4) is 0 Å². The van der Waals surface area contributed by atoms with E-state index in [1.165, 1.54) is 6.33 Å². The standard InChI is InChI=1S/C24H44N8O5/c1-3-15(2)20(24(36)37)32-23(35)19(9-5-7-11-26)31-22(34)18(8-4-6-10-25)30-21(33)17(27)12-16-13-28-14-29-16/h13-15,17-20H,3-12,25-27H2,1-2H3,(H,28,29)(H,30,33)(H,31,34)(H,32,35)(H,36,37). The number of nitrogens with zero attached hydrogens (tertiary/aromatic N) is 1. The summed E-state index contributed by atoms with van der Waals surface area (Å²) in [5.74, 6) is -3.12. The highest BCUT2D eigenvalue weighted by Gasteiger charge is 2.31. The van der Waals surface area contributed by atoms with Crippen LogP contribution in [0.1, 0.15) is 64.5 Å². The summed E-state index contributed by atoms with van der Waals surface area (Å²) in [6.07, 6.45) is 6.77. The third-order valence-electron chi connectivity index (χ3n) is 6.27. The molecule has 13 heteroatoms. The molecule has 1 aromatic rings. The highest BCUT2D eigenvalue weighted by atomic mass is 16.4. The van der Waals surface area contributed by atoms with E-state index in [2.05, 4.69) is 25.9 Å². The van der Waals surface area contributed by atoms with E-state index in [9.17, 15) is 24.3 Å². The van der Waals surface area contributed by atoms with E-state index in [1.807, 2.05) is 6.92 Å². The van der Waals surface area contributed by atoms with Crippen LogP contribution in [0.25, 0.3) is 0 Å². The summed E-state index contributed by atoms with van der Waals surface area (Å²) in [5, 5.41) is 17.5. The molecule has 0 bridgehead atoms. The van der Waals surface area contributed by atoms with Crippen molar-refractivity contribution in [1.29, 1.82) is 0 Å². The van der Waals surface area contributed by atoms with Gasteiger partial charge in [0.15, 0.2) is 0 Å². The smallest absolute Gasteiger partial charge is 0.326 e. The Kier molecular flexibility index (Phi) is 15.1. The third kappa shape index (κ3) is 11.7. The fourth-order valence-corrected chi connectivity index (χ4v) is 3.74. The maximum absolute atomic E-state index is 13.2. The monoisotopic (exact) mass is 524 g/mol. The predicted octanol–water partition coefficient (Wildman–Crippen LogP) is -0.877. The largest absolute Gasteiger partial charge is 0.480 e. The van der Waals surface area contributed by atoms with E-state index in [0.29, 0.717) is 57.3 Å². The van der Waals surface area contributed by atoms with E-state index < -0.39 is 47.9 Å². The molecule has 1 aromatic heterocycles. The minimum Gasteiger partial charge on any atom is -0.480 e. The minimum atomic E-state index is -1.15. The Hall–Kier alpha value is -3.03. The second-order valence-electron chi connectivity index (χ2n) is 9.29. The third-order valence-corrected chi connectivity index (χ3v) is 6.27. The topological polar surface area (TPSA) is 231 Å². The molecule has 0 aliphatic heterocycles. The van der Waals surface area contributed by atoms with Crippen molar-refractivity contribution in [1.82, 2.24) is 25.9 Å². The number of amides is 3. The average Bonchev–Trinajstić information content (AvgIpc) is 3.38. The molecule has 0 fully saturated rings. The Bertz CT molecular complexity index is 835. The lowest BCUT2D eigenvalue weighted by atomic mass is 9.98. The molecule has 37 heavy (non-hydrogen) atoms. The maximum Gasteiger partial charge on any atom is 0.326 e. The Morgan fingerprint density at radius 2 is 1.49 bits per heavy atom. The van der Waals surface area contributed by atoms with Gasteiger partial charge in [-0.05, 0) is 57.5 Å². The molecule has 0 aliphatic rings. The molecule has 11 N–H and O–H groups in total. The number of aromatic amines is 1. The molecule has 0 spiro atoms. The molecule has 5 atom stereocenters. The first-order valence-electron chi connectivity index (χ1n) is 12.9. The highest BCUT2D eigenvalue weighted by Crippen LogP contribution is 2.11. The van der Waals surface area contributed by atoms with Crippen molar-refractivity contribution in [2.24, 2.45) is 23.1 Å². The first-order chi connectivity index (χ1) is 17.6. The number of hydrogen-bond acceptors (Lipinski definition) is 8. The number of hydrogen-bond donors (Lipinski definition) is 8. The molecule has 0 aromatic carbocycles. The number of carbonyl (C=O) groups excluding carboxylic acids is 3. The van der Waals surface area contributed by atoms with E-state index in [1.54, 1.807) is 13.1 Å². The number of carboxylic acids is 1.